The summed E-state index contributed by atoms with van der Waals surface area (Å²) < 4.78 is 43.0. The predicted molar refractivity (Wildman–Crippen MR) is 111 cm³/mol. The van der Waals surface area contributed by atoms with Gasteiger partial charge in [0.15, 0.2) is 0 Å². The van der Waals surface area contributed by atoms with Crippen LogP contribution in [0.3, 0.4) is 0 Å². The molecule has 12 heteroatoms. The summed E-state index contributed by atoms with van der Waals surface area (Å²) in [6, 6.07) is 8.26. The fourth-order valence-electron chi connectivity index (χ4n) is 2.33. The minimum Gasteiger partial charge on any atom is -0.492 e. The minimum absolute atomic E-state index is 0.0450. The van der Waals surface area contributed by atoms with E-state index in [9.17, 15) is 27.6 Å². The summed E-state index contributed by atoms with van der Waals surface area (Å²) in [5.74, 6) is -1.52. The van der Waals surface area contributed by atoms with Gasteiger partial charge in [0.2, 0.25) is 5.91 Å². The van der Waals surface area contributed by atoms with Gasteiger partial charge in [0, 0.05) is 17.0 Å². The van der Waals surface area contributed by atoms with Gasteiger partial charge in [0.05, 0.1) is 23.7 Å². The summed E-state index contributed by atoms with van der Waals surface area (Å²) in [4.78, 5) is 35.3. The fraction of sp³-hybridized carbons (Fsp3) is 0.250. The lowest BCUT2D eigenvalue weighted by Crippen LogP contribution is -2.46. The highest BCUT2D eigenvalue weighted by atomic mass is 35.5. The zero-order chi connectivity index (χ0) is 23.7. The van der Waals surface area contributed by atoms with Crippen LogP contribution in [0.4, 0.5) is 13.2 Å². The topological polar surface area (TPSA) is 96.5 Å². The molecule has 0 bridgehead atoms. The zero-order valence-electron chi connectivity index (χ0n) is 16.4. The van der Waals surface area contributed by atoms with Crippen molar-refractivity contribution < 1.29 is 32.3 Å². The van der Waals surface area contributed by atoms with Crippen LogP contribution in [0, 0.1) is 0 Å². The molecule has 0 heterocycles. The van der Waals surface area contributed by atoms with E-state index >= 15 is 0 Å². The number of hydrazine groups is 1. The maximum atomic E-state index is 12.5. The van der Waals surface area contributed by atoms with E-state index in [0.29, 0.717) is 22.2 Å². The van der Waals surface area contributed by atoms with Gasteiger partial charge in [0.1, 0.15) is 5.75 Å². The predicted octanol–water partition coefficient (Wildman–Crippen LogP) is 3.75. The Bertz CT molecular complexity index is 970. The van der Waals surface area contributed by atoms with Crippen molar-refractivity contribution in [2.24, 2.45) is 0 Å². The van der Waals surface area contributed by atoms with Gasteiger partial charge in [-0.2, -0.15) is 13.2 Å². The highest BCUT2D eigenvalue weighted by Crippen LogP contribution is 2.29. The third kappa shape index (κ3) is 8.27. The second-order valence-corrected chi connectivity index (χ2v) is 7.22. The molecule has 0 aliphatic rings. The number of halogens is 5. The molecule has 0 aromatic heterocycles. The maximum Gasteiger partial charge on any atom is 0.416 e. The molecule has 2 aromatic rings. The normalized spacial score (nSPS) is 10.9. The number of hydrogen-bond acceptors (Lipinski definition) is 4. The first-order valence-corrected chi connectivity index (χ1v) is 9.93. The lowest BCUT2D eigenvalue weighted by atomic mass is 10.1. The summed E-state index contributed by atoms with van der Waals surface area (Å²) in [7, 11) is 0. The third-order valence-electron chi connectivity index (χ3n) is 3.92. The van der Waals surface area contributed by atoms with Crippen molar-refractivity contribution in [1.29, 1.82) is 0 Å². The molecule has 0 spiro atoms. The van der Waals surface area contributed by atoms with Gasteiger partial charge in [0.25, 0.3) is 11.8 Å². The number of hydrogen-bond donors (Lipinski definition) is 3. The van der Waals surface area contributed by atoms with Crippen LogP contribution in [-0.2, 0) is 15.8 Å². The van der Waals surface area contributed by atoms with Crippen LogP contribution in [0.15, 0.2) is 42.5 Å². The second kappa shape index (κ2) is 11.6. The summed E-state index contributed by atoms with van der Waals surface area (Å²) in [5.41, 5.74) is 3.35. The van der Waals surface area contributed by atoms with E-state index in [0.717, 1.165) is 24.3 Å². The Morgan fingerprint density at radius 2 is 1.59 bits per heavy atom. The summed E-state index contributed by atoms with van der Waals surface area (Å²) in [6.45, 7) is -0.287. The van der Waals surface area contributed by atoms with Crippen molar-refractivity contribution in [1.82, 2.24) is 16.2 Å². The van der Waals surface area contributed by atoms with Gasteiger partial charge in [-0.05, 0) is 48.9 Å². The van der Waals surface area contributed by atoms with Crippen LogP contribution >= 0.6 is 23.2 Å². The van der Waals surface area contributed by atoms with Crippen LogP contribution in [0.2, 0.25) is 10.0 Å². The maximum absolute atomic E-state index is 12.5. The Labute approximate surface area is 191 Å². The van der Waals surface area contributed by atoms with Crippen molar-refractivity contribution in [3.8, 4) is 5.75 Å². The molecule has 0 aliphatic heterocycles. The number of carbonyl (C=O) groups excluding carboxylic acids is 3. The number of ether oxygens (including phenoxy) is 1. The van der Waals surface area contributed by atoms with E-state index in [-0.39, 0.29) is 18.6 Å². The van der Waals surface area contributed by atoms with Crippen molar-refractivity contribution in [3.05, 3.63) is 63.6 Å². The Hall–Kier alpha value is -2.98. The highest BCUT2D eigenvalue weighted by Gasteiger charge is 2.30. The smallest absolute Gasteiger partial charge is 0.416 e. The van der Waals surface area contributed by atoms with E-state index in [1.807, 2.05) is 0 Å². The standard InChI is InChI=1S/C20H18Cl2F3N3O4/c21-14-7-8-16(15(22)10-14)32-9-1-2-17(29)27-28-18(30)11-26-19(31)12-3-5-13(6-4-12)20(23,24)25/h3-8,10H,1-2,9,11H2,(H,26,31)(H,27,29)(H,28,30). The molecule has 32 heavy (non-hydrogen) atoms. The molecule has 2 aromatic carbocycles. The third-order valence-corrected chi connectivity index (χ3v) is 4.46. The van der Waals surface area contributed by atoms with Gasteiger partial charge in [-0.1, -0.05) is 23.2 Å². The van der Waals surface area contributed by atoms with Crippen molar-refractivity contribution in [2.45, 2.75) is 19.0 Å². The first kappa shape index (κ1) is 25.3. The van der Waals surface area contributed by atoms with Crippen LogP contribution in [-0.4, -0.2) is 30.9 Å². The number of benzene rings is 2. The largest absolute Gasteiger partial charge is 0.492 e. The molecule has 0 saturated carbocycles. The first-order chi connectivity index (χ1) is 15.1. The summed E-state index contributed by atoms with van der Waals surface area (Å²) >= 11 is 11.7. The van der Waals surface area contributed by atoms with Gasteiger partial charge >= 0.3 is 6.18 Å². The zero-order valence-corrected chi connectivity index (χ0v) is 17.9. The summed E-state index contributed by atoms with van der Waals surface area (Å²) in [5, 5.41) is 3.04. The van der Waals surface area contributed by atoms with Gasteiger partial charge in [-0.15, -0.1) is 0 Å². The van der Waals surface area contributed by atoms with Crippen LogP contribution < -0.4 is 20.9 Å². The molecule has 0 aliphatic carbocycles. The molecular weight excluding hydrogens is 474 g/mol. The lowest BCUT2D eigenvalue weighted by Gasteiger charge is -2.10. The number of carbonyl (C=O) groups is 3. The van der Waals surface area contributed by atoms with E-state index in [4.69, 9.17) is 27.9 Å². The average Bonchev–Trinajstić information content (AvgIpc) is 2.74. The number of nitrogens with one attached hydrogen (secondary N) is 3. The van der Waals surface area contributed by atoms with Gasteiger partial charge < -0.3 is 10.1 Å². The first-order valence-electron chi connectivity index (χ1n) is 9.17. The molecule has 172 valence electrons. The van der Waals surface area contributed by atoms with Gasteiger partial charge in [-0.3, -0.25) is 25.2 Å². The molecule has 0 radical (unpaired) electrons. The van der Waals surface area contributed by atoms with Crippen LogP contribution in [0.5, 0.6) is 5.75 Å². The van der Waals surface area contributed by atoms with Crippen molar-refractivity contribution in [3.63, 3.8) is 0 Å². The highest BCUT2D eigenvalue weighted by molar-refractivity contribution is 6.35. The monoisotopic (exact) mass is 491 g/mol. The molecule has 0 fully saturated rings. The van der Waals surface area contributed by atoms with E-state index in [1.165, 1.54) is 6.07 Å². The van der Waals surface area contributed by atoms with E-state index < -0.39 is 36.0 Å². The van der Waals surface area contributed by atoms with E-state index in [1.54, 1.807) is 12.1 Å². The molecule has 3 amide bonds. The lowest BCUT2D eigenvalue weighted by molar-refractivity contribution is -0.137. The Morgan fingerprint density at radius 3 is 2.22 bits per heavy atom. The van der Waals surface area contributed by atoms with E-state index in [2.05, 4.69) is 16.2 Å². The number of rotatable bonds is 8. The molecule has 0 atom stereocenters. The summed E-state index contributed by atoms with van der Waals surface area (Å²) in [6.07, 6.45) is -4.13. The fourth-order valence-corrected chi connectivity index (χ4v) is 2.79. The Kier molecular flexibility index (Phi) is 9.15. The van der Waals surface area contributed by atoms with Crippen molar-refractivity contribution in [2.75, 3.05) is 13.2 Å². The minimum atomic E-state index is -4.51. The van der Waals surface area contributed by atoms with Gasteiger partial charge in [-0.25, -0.2) is 0 Å². The van der Waals surface area contributed by atoms with Crippen LogP contribution in [0.25, 0.3) is 0 Å². The molecule has 2 rings (SSSR count). The SMILES string of the molecule is O=C(CCCOc1ccc(Cl)cc1Cl)NNC(=O)CNC(=O)c1ccc(C(F)(F)F)cc1. The molecule has 7 nitrogen and oxygen atoms in total. The molecular formula is C20H18Cl2F3N3O4. The molecule has 0 unspecified atom stereocenters. The molecule has 3 N–H and O–H groups in total. The number of amides is 3. The van der Waals surface area contributed by atoms with Crippen molar-refractivity contribution >= 4 is 40.9 Å². The quantitative estimate of drug-likeness (QED) is 0.387. The molecule has 0 saturated heterocycles. The van der Waals surface area contributed by atoms with Crippen LogP contribution in [0.1, 0.15) is 28.8 Å². The Morgan fingerprint density at radius 1 is 0.938 bits per heavy atom. The Balaban J connectivity index is 1.63. The average molecular weight is 492 g/mol. The number of alkyl halides is 3. The second-order valence-electron chi connectivity index (χ2n) is 6.38.